The van der Waals surface area contributed by atoms with Gasteiger partial charge in [0.1, 0.15) is 12.1 Å². The summed E-state index contributed by atoms with van der Waals surface area (Å²) in [6, 6.07) is 10.7. The van der Waals surface area contributed by atoms with Crippen molar-refractivity contribution < 1.29 is 33.7 Å². The Bertz CT molecular complexity index is 1080. The SMILES string of the molecule is CCOC(=O)C(CCc1ccccc1)N[C@H](C)C(=O)N1Cc2cc(OC)c(OC)cc2CC1C(=O)O.Cl. The third kappa shape index (κ3) is 7.36. The van der Waals surface area contributed by atoms with Crippen molar-refractivity contribution in [2.75, 3.05) is 20.8 Å². The van der Waals surface area contributed by atoms with Crippen LogP contribution in [0.4, 0.5) is 0 Å². The number of benzene rings is 2. The summed E-state index contributed by atoms with van der Waals surface area (Å²) in [5.74, 6) is -0.930. The Hall–Kier alpha value is -3.30. The maximum Gasteiger partial charge on any atom is 0.326 e. The third-order valence-electron chi connectivity index (χ3n) is 6.36. The van der Waals surface area contributed by atoms with Crippen LogP contribution >= 0.6 is 12.4 Å². The van der Waals surface area contributed by atoms with Crippen LogP contribution in [0.3, 0.4) is 0 Å². The number of nitrogens with zero attached hydrogens (tertiary/aromatic N) is 1. The molecule has 0 saturated carbocycles. The first-order valence-corrected chi connectivity index (χ1v) is 12.0. The number of esters is 1. The van der Waals surface area contributed by atoms with Crippen molar-refractivity contribution in [1.82, 2.24) is 10.2 Å². The Kier molecular flexibility index (Phi) is 11.2. The van der Waals surface area contributed by atoms with E-state index in [1.807, 2.05) is 30.3 Å². The number of ether oxygens (including phenoxy) is 3. The average molecular weight is 535 g/mol. The molecular formula is C27H35ClN2O7. The molecule has 202 valence electrons. The summed E-state index contributed by atoms with van der Waals surface area (Å²) in [7, 11) is 3.04. The van der Waals surface area contributed by atoms with E-state index >= 15 is 0 Å². The predicted octanol–water partition coefficient (Wildman–Crippen LogP) is 3.01. The van der Waals surface area contributed by atoms with E-state index in [4.69, 9.17) is 14.2 Å². The monoisotopic (exact) mass is 534 g/mol. The number of hydrogen-bond donors (Lipinski definition) is 2. The minimum absolute atomic E-state index is 0. The molecule has 0 aliphatic carbocycles. The van der Waals surface area contributed by atoms with Crippen LogP contribution in [0.25, 0.3) is 0 Å². The van der Waals surface area contributed by atoms with Gasteiger partial charge < -0.3 is 24.2 Å². The van der Waals surface area contributed by atoms with Crippen molar-refractivity contribution in [2.24, 2.45) is 0 Å². The normalized spacial score (nSPS) is 16.0. The van der Waals surface area contributed by atoms with Crippen LogP contribution in [0.15, 0.2) is 42.5 Å². The van der Waals surface area contributed by atoms with Crippen molar-refractivity contribution in [3.05, 3.63) is 59.2 Å². The van der Waals surface area contributed by atoms with E-state index in [2.05, 4.69) is 5.32 Å². The van der Waals surface area contributed by atoms with Crippen LogP contribution in [0, 0.1) is 0 Å². The molecule has 2 aromatic carbocycles. The van der Waals surface area contributed by atoms with Gasteiger partial charge in [-0.1, -0.05) is 30.3 Å². The Morgan fingerprint density at radius 2 is 1.70 bits per heavy atom. The number of aryl methyl sites for hydroxylation is 1. The highest BCUT2D eigenvalue weighted by Crippen LogP contribution is 2.35. The van der Waals surface area contributed by atoms with E-state index in [1.165, 1.54) is 19.1 Å². The molecule has 0 bridgehead atoms. The number of hydrogen-bond acceptors (Lipinski definition) is 7. The van der Waals surface area contributed by atoms with Crippen molar-refractivity contribution in [2.45, 2.75) is 57.8 Å². The molecule has 3 atom stereocenters. The fourth-order valence-corrected chi connectivity index (χ4v) is 4.45. The molecule has 0 radical (unpaired) electrons. The molecule has 2 unspecified atom stereocenters. The van der Waals surface area contributed by atoms with Crippen molar-refractivity contribution in [1.29, 1.82) is 0 Å². The number of nitrogens with one attached hydrogen (secondary N) is 1. The fourth-order valence-electron chi connectivity index (χ4n) is 4.45. The van der Waals surface area contributed by atoms with E-state index in [-0.39, 0.29) is 32.0 Å². The number of fused-ring (bicyclic) bond motifs is 1. The number of carboxylic acids is 1. The molecule has 2 N–H and O–H groups in total. The van der Waals surface area contributed by atoms with Crippen LogP contribution in [0.5, 0.6) is 11.5 Å². The third-order valence-corrected chi connectivity index (χ3v) is 6.36. The highest BCUT2D eigenvalue weighted by Gasteiger charge is 2.38. The summed E-state index contributed by atoms with van der Waals surface area (Å²) in [6.07, 6.45) is 1.19. The maximum absolute atomic E-state index is 13.5. The zero-order chi connectivity index (χ0) is 26.2. The second-order valence-electron chi connectivity index (χ2n) is 8.72. The molecular weight excluding hydrogens is 500 g/mol. The first kappa shape index (κ1) is 29.9. The maximum atomic E-state index is 13.5. The molecule has 1 amide bonds. The summed E-state index contributed by atoms with van der Waals surface area (Å²) in [6.45, 7) is 3.69. The number of amides is 1. The first-order chi connectivity index (χ1) is 17.3. The smallest absolute Gasteiger partial charge is 0.326 e. The van der Waals surface area contributed by atoms with Crippen LogP contribution in [-0.2, 0) is 38.5 Å². The van der Waals surface area contributed by atoms with Gasteiger partial charge in [0.15, 0.2) is 11.5 Å². The number of rotatable bonds is 11. The highest BCUT2D eigenvalue weighted by atomic mass is 35.5. The lowest BCUT2D eigenvalue weighted by Crippen LogP contribution is -2.56. The van der Waals surface area contributed by atoms with Crippen LogP contribution < -0.4 is 14.8 Å². The van der Waals surface area contributed by atoms with Crippen molar-refractivity contribution in [3.8, 4) is 11.5 Å². The van der Waals surface area contributed by atoms with Gasteiger partial charge >= 0.3 is 11.9 Å². The zero-order valence-corrected chi connectivity index (χ0v) is 22.4. The van der Waals surface area contributed by atoms with Gasteiger partial charge in [0.25, 0.3) is 0 Å². The van der Waals surface area contributed by atoms with Crippen molar-refractivity contribution >= 4 is 30.3 Å². The molecule has 10 heteroatoms. The highest BCUT2D eigenvalue weighted by molar-refractivity contribution is 5.88. The first-order valence-electron chi connectivity index (χ1n) is 12.0. The molecule has 0 aromatic heterocycles. The summed E-state index contributed by atoms with van der Waals surface area (Å²) in [5.41, 5.74) is 2.64. The lowest BCUT2D eigenvalue weighted by molar-refractivity contribution is -0.153. The standard InChI is InChI=1S/C27H34N2O7.ClH/c1-5-36-27(33)21(12-11-18-9-7-6-8-10-18)28-17(2)25(30)29-16-20-15-24(35-4)23(34-3)14-19(20)13-22(29)26(31)32;/h6-10,14-15,17,21-22,28H,5,11-13,16H2,1-4H3,(H,31,32);1H/t17-,21?,22?;/m1./s1. The van der Waals surface area contributed by atoms with Gasteiger partial charge in [0, 0.05) is 13.0 Å². The Labute approximate surface area is 223 Å². The van der Waals surface area contributed by atoms with Gasteiger partial charge in [0.2, 0.25) is 5.91 Å². The number of carbonyl (C=O) groups is 3. The van der Waals surface area contributed by atoms with Gasteiger partial charge in [0.05, 0.1) is 26.9 Å². The zero-order valence-electron chi connectivity index (χ0n) is 21.6. The Morgan fingerprint density at radius 1 is 1.08 bits per heavy atom. The molecule has 3 rings (SSSR count). The van der Waals surface area contributed by atoms with E-state index in [0.717, 1.165) is 16.7 Å². The molecule has 0 spiro atoms. The van der Waals surface area contributed by atoms with E-state index < -0.39 is 36.0 Å². The topological polar surface area (TPSA) is 114 Å². The molecule has 1 aliphatic rings. The van der Waals surface area contributed by atoms with Gasteiger partial charge in [-0.15, -0.1) is 12.4 Å². The second-order valence-corrected chi connectivity index (χ2v) is 8.72. The summed E-state index contributed by atoms with van der Waals surface area (Å²) in [5, 5.41) is 13.0. The summed E-state index contributed by atoms with van der Waals surface area (Å²) in [4.78, 5) is 39.6. The van der Waals surface area contributed by atoms with Crippen LogP contribution in [0.2, 0.25) is 0 Å². The second kappa shape index (κ2) is 13.9. The van der Waals surface area contributed by atoms with Gasteiger partial charge in [-0.05, 0) is 55.5 Å². The largest absolute Gasteiger partial charge is 0.493 e. The number of carboxylic acid groups (broad SMARTS) is 1. The Morgan fingerprint density at radius 3 is 2.27 bits per heavy atom. The molecule has 1 heterocycles. The molecule has 0 fully saturated rings. The van der Waals surface area contributed by atoms with E-state index in [0.29, 0.717) is 24.3 Å². The lowest BCUT2D eigenvalue weighted by Gasteiger charge is -2.37. The number of halogens is 1. The molecule has 9 nitrogen and oxygen atoms in total. The lowest BCUT2D eigenvalue weighted by atomic mass is 9.92. The molecule has 1 aliphatic heterocycles. The van der Waals surface area contributed by atoms with E-state index in [9.17, 15) is 19.5 Å². The molecule has 2 aromatic rings. The van der Waals surface area contributed by atoms with Gasteiger partial charge in [-0.2, -0.15) is 0 Å². The van der Waals surface area contributed by atoms with Gasteiger partial charge in [-0.3, -0.25) is 14.9 Å². The average Bonchev–Trinajstić information content (AvgIpc) is 2.89. The summed E-state index contributed by atoms with van der Waals surface area (Å²) >= 11 is 0. The number of carbonyl (C=O) groups excluding carboxylic acids is 2. The Balaban J connectivity index is 0.00000481. The minimum Gasteiger partial charge on any atom is -0.493 e. The quantitative estimate of drug-likeness (QED) is 0.423. The number of methoxy groups -OCH3 is 2. The molecule has 37 heavy (non-hydrogen) atoms. The summed E-state index contributed by atoms with van der Waals surface area (Å²) < 4.78 is 15.9. The van der Waals surface area contributed by atoms with Crippen molar-refractivity contribution in [3.63, 3.8) is 0 Å². The van der Waals surface area contributed by atoms with Gasteiger partial charge in [-0.25, -0.2) is 4.79 Å². The fraction of sp³-hybridized carbons (Fsp3) is 0.444. The molecule has 0 saturated heterocycles. The number of aliphatic carboxylic acids is 1. The predicted molar refractivity (Wildman–Crippen MR) is 140 cm³/mol. The van der Waals surface area contributed by atoms with Crippen LogP contribution in [-0.4, -0.2) is 66.8 Å². The van der Waals surface area contributed by atoms with E-state index in [1.54, 1.807) is 26.0 Å². The minimum atomic E-state index is -1.10. The van der Waals surface area contributed by atoms with Crippen LogP contribution in [0.1, 0.15) is 37.0 Å².